The van der Waals surface area contributed by atoms with E-state index in [4.69, 9.17) is 0 Å². The highest BCUT2D eigenvalue weighted by atomic mass is 16.5. The zero-order valence-corrected chi connectivity index (χ0v) is 7.10. The Morgan fingerprint density at radius 3 is 2.55 bits per heavy atom. The van der Waals surface area contributed by atoms with Gasteiger partial charge in [-0.05, 0) is 11.8 Å². The summed E-state index contributed by atoms with van der Waals surface area (Å²) >= 11 is 0. The summed E-state index contributed by atoms with van der Waals surface area (Å²) in [6, 6.07) is 0. The summed E-state index contributed by atoms with van der Waals surface area (Å²) in [4.78, 5) is 10.9. The van der Waals surface area contributed by atoms with Crippen molar-refractivity contribution >= 4 is 0 Å². The van der Waals surface area contributed by atoms with Gasteiger partial charge in [-0.25, -0.2) is 9.95 Å². The van der Waals surface area contributed by atoms with E-state index in [1.54, 1.807) is 6.20 Å². The molecule has 0 fully saturated rings. The van der Waals surface area contributed by atoms with Gasteiger partial charge in [0, 0.05) is 6.20 Å². The van der Waals surface area contributed by atoms with Crippen molar-refractivity contribution < 1.29 is 4.52 Å². The molecule has 0 aliphatic rings. The third-order valence-corrected chi connectivity index (χ3v) is 1.37. The van der Waals surface area contributed by atoms with Gasteiger partial charge in [-0.3, -0.25) is 0 Å². The van der Waals surface area contributed by atoms with Gasteiger partial charge in [-0.15, -0.1) is 0 Å². The lowest BCUT2D eigenvalue weighted by molar-refractivity contribution is 0.379. The quantitative estimate of drug-likeness (QED) is 0.668. The van der Waals surface area contributed by atoms with Crippen LogP contribution in [0.2, 0.25) is 0 Å². The molecular weight excluding hydrogens is 142 g/mol. The fraction of sp³-hybridized carbons (Fsp3) is 0.625. The minimum Gasteiger partial charge on any atom is -0.339 e. The third-order valence-electron chi connectivity index (χ3n) is 1.37. The first-order chi connectivity index (χ1) is 4.99. The number of aromatic nitrogens is 1. The van der Waals surface area contributed by atoms with E-state index in [1.807, 2.05) is 0 Å². The molecule has 1 aromatic rings. The normalized spacial score (nSPS) is 11.9. The molecule has 62 valence electrons. The number of hydrogen-bond acceptors (Lipinski definition) is 2. The van der Waals surface area contributed by atoms with Crippen LogP contribution in [0.4, 0.5) is 0 Å². The Kier molecular flexibility index (Phi) is 1.89. The first-order valence-corrected chi connectivity index (χ1v) is 3.65. The lowest BCUT2D eigenvalue weighted by Gasteiger charge is -2.15. The minimum atomic E-state index is -0.250. The average Bonchev–Trinajstić information content (AvgIpc) is 2.12. The van der Waals surface area contributed by atoms with Gasteiger partial charge < -0.3 is 4.52 Å². The number of aromatic amines is 1. The van der Waals surface area contributed by atoms with Crippen LogP contribution in [0.3, 0.4) is 0 Å². The second-order valence-corrected chi connectivity index (χ2v) is 3.91. The van der Waals surface area contributed by atoms with Crippen LogP contribution < -0.4 is 5.63 Å². The molecule has 0 atom stereocenters. The molecule has 0 amide bonds. The standard InChI is InChI=1S/C8H13NO2/c1-8(2,3)4-6-5-9-11-7(6)10/h5,9H,4H2,1-3H3. The molecule has 11 heavy (non-hydrogen) atoms. The molecule has 1 rings (SSSR count). The molecule has 0 aromatic carbocycles. The summed E-state index contributed by atoms with van der Waals surface area (Å²) in [6.07, 6.45) is 2.37. The molecule has 1 aromatic heterocycles. The van der Waals surface area contributed by atoms with Gasteiger partial charge in [0.25, 0.3) is 0 Å². The Balaban J connectivity index is 2.80. The van der Waals surface area contributed by atoms with E-state index in [0.29, 0.717) is 0 Å². The van der Waals surface area contributed by atoms with Crippen molar-refractivity contribution in [2.75, 3.05) is 0 Å². The fourth-order valence-electron chi connectivity index (χ4n) is 0.973. The number of hydrogen-bond donors (Lipinski definition) is 1. The summed E-state index contributed by atoms with van der Waals surface area (Å²) in [5, 5.41) is 2.43. The molecule has 0 radical (unpaired) electrons. The lowest BCUT2D eigenvalue weighted by Crippen LogP contribution is -2.13. The monoisotopic (exact) mass is 155 g/mol. The van der Waals surface area contributed by atoms with Crippen LogP contribution in [0, 0.1) is 5.41 Å². The summed E-state index contributed by atoms with van der Waals surface area (Å²) in [5.41, 5.74) is 0.606. The predicted octanol–water partition coefficient (Wildman–Crippen LogP) is 1.56. The van der Waals surface area contributed by atoms with E-state index in [2.05, 4.69) is 30.5 Å². The van der Waals surface area contributed by atoms with E-state index in [0.717, 1.165) is 12.0 Å². The van der Waals surface area contributed by atoms with Gasteiger partial charge in [-0.1, -0.05) is 20.8 Å². The van der Waals surface area contributed by atoms with Crippen LogP contribution in [-0.4, -0.2) is 5.16 Å². The third kappa shape index (κ3) is 2.26. The van der Waals surface area contributed by atoms with Crippen molar-refractivity contribution in [3.05, 3.63) is 22.2 Å². The van der Waals surface area contributed by atoms with Crippen LogP contribution in [0.5, 0.6) is 0 Å². The summed E-state index contributed by atoms with van der Waals surface area (Å²) in [7, 11) is 0. The Morgan fingerprint density at radius 2 is 2.18 bits per heavy atom. The number of H-pyrrole nitrogens is 1. The largest absolute Gasteiger partial charge is 0.360 e. The van der Waals surface area contributed by atoms with Crippen molar-refractivity contribution in [2.24, 2.45) is 5.41 Å². The van der Waals surface area contributed by atoms with Crippen molar-refractivity contribution in [3.8, 4) is 0 Å². The maximum Gasteiger partial charge on any atom is 0.360 e. The first-order valence-electron chi connectivity index (χ1n) is 3.65. The molecule has 0 aliphatic carbocycles. The first kappa shape index (κ1) is 8.11. The van der Waals surface area contributed by atoms with Crippen molar-refractivity contribution in [1.29, 1.82) is 0 Å². The summed E-state index contributed by atoms with van der Waals surface area (Å²) in [6.45, 7) is 6.25. The Morgan fingerprint density at radius 1 is 1.55 bits per heavy atom. The highest BCUT2D eigenvalue weighted by Crippen LogP contribution is 2.17. The SMILES string of the molecule is CC(C)(C)Cc1c[nH]oc1=O. The lowest BCUT2D eigenvalue weighted by atomic mass is 9.89. The van der Waals surface area contributed by atoms with E-state index < -0.39 is 0 Å². The molecule has 1 heterocycles. The maximum atomic E-state index is 10.9. The van der Waals surface area contributed by atoms with Crippen LogP contribution in [0.25, 0.3) is 0 Å². The van der Waals surface area contributed by atoms with Crippen molar-refractivity contribution in [2.45, 2.75) is 27.2 Å². The summed E-state index contributed by atoms with van der Waals surface area (Å²) in [5.74, 6) is 0. The van der Waals surface area contributed by atoms with Crippen LogP contribution in [0.1, 0.15) is 26.3 Å². The zero-order valence-electron chi connectivity index (χ0n) is 7.10. The molecule has 0 saturated carbocycles. The van der Waals surface area contributed by atoms with Gasteiger partial charge in [-0.2, -0.15) is 0 Å². The van der Waals surface area contributed by atoms with E-state index in [1.165, 1.54) is 0 Å². The van der Waals surface area contributed by atoms with Crippen LogP contribution in [-0.2, 0) is 6.42 Å². The molecule has 0 saturated heterocycles. The molecule has 3 nitrogen and oxygen atoms in total. The van der Waals surface area contributed by atoms with Gasteiger partial charge in [0.1, 0.15) is 0 Å². The van der Waals surface area contributed by atoms with Gasteiger partial charge >= 0.3 is 5.63 Å². The molecule has 0 spiro atoms. The molecule has 0 aliphatic heterocycles. The number of nitrogens with one attached hydrogen (secondary N) is 1. The van der Waals surface area contributed by atoms with E-state index >= 15 is 0 Å². The fourth-order valence-corrected chi connectivity index (χ4v) is 0.973. The molecular formula is C8H13NO2. The second-order valence-electron chi connectivity index (χ2n) is 3.91. The van der Waals surface area contributed by atoms with E-state index in [9.17, 15) is 4.79 Å². The molecule has 3 heteroatoms. The molecule has 0 unspecified atom stereocenters. The van der Waals surface area contributed by atoms with Crippen LogP contribution >= 0.6 is 0 Å². The highest BCUT2D eigenvalue weighted by Gasteiger charge is 2.14. The topological polar surface area (TPSA) is 46.0 Å². The number of rotatable bonds is 1. The van der Waals surface area contributed by atoms with Crippen molar-refractivity contribution in [1.82, 2.24) is 5.16 Å². The second kappa shape index (κ2) is 2.57. The Hall–Kier alpha value is -0.990. The molecule has 1 N–H and O–H groups in total. The van der Waals surface area contributed by atoms with Crippen LogP contribution in [0.15, 0.2) is 15.5 Å². The molecule has 0 bridgehead atoms. The van der Waals surface area contributed by atoms with Gasteiger partial charge in [0.05, 0.1) is 5.56 Å². The van der Waals surface area contributed by atoms with E-state index in [-0.39, 0.29) is 11.0 Å². The maximum absolute atomic E-state index is 10.9. The average molecular weight is 155 g/mol. The zero-order chi connectivity index (χ0) is 8.48. The Bertz CT molecular complexity index is 277. The Labute approximate surface area is 65.4 Å². The minimum absolute atomic E-state index is 0.136. The van der Waals surface area contributed by atoms with Gasteiger partial charge in [0.2, 0.25) is 0 Å². The highest BCUT2D eigenvalue weighted by molar-refractivity contribution is 5.03. The predicted molar refractivity (Wildman–Crippen MR) is 42.5 cm³/mol. The smallest absolute Gasteiger partial charge is 0.339 e. The van der Waals surface area contributed by atoms with Crippen molar-refractivity contribution in [3.63, 3.8) is 0 Å². The van der Waals surface area contributed by atoms with Gasteiger partial charge in [0.15, 0.2) is 0 Å². The summed E-state index contributed by atoms with van der Waals surface area (Å²) < 4.78 is 4.53.